The van der Waals surface area contributed by atoms with Crippen LogP contribution in [0.1, 0.15) is 0 Å². The molecule has 7 heteroatoms. The zero-order valence-electron chi connectivity index (χ0n) is 12.0. The Morgan fingerprint density at radius 1 is 1.14 bits per heavy atom. The Balaban J connectivity index is 2.22. The number of aromatic nitrogens is 2. The summed E-state index contributed by atoms with van der Waals surface area (Å²) in [5.41, 5.74) is 2.12. The maximum absolute atomic E-state index is 11.1. The second kappa shape index (κ2) is 5.36. The van der Waals surface area contributed by atoms with Crippen LogP contribution < -0.4 is 9.47 Å². The van der Waals surface area contributed by atoms with E-state index in [0.29, 0.717) is 17.1 Å². The van der Waals surface area contributed by atoms with Crippen molar-refractivity contribution in [1.29, 1.82) is 0 Å². The molecule has 2 aromatic carbocycles. The highest BCUT2D eigenvalue weighted by Gasteiger charge is 2.21. The lowest BCUT2D eigenvalue weighted by Gasteiger charge is -2.09. The van der Waals surface area contributed by atoms with Crippen molar-refractivity contribution >= 4 is 16.7 Å². The van der Waals surface area contributed by atoms with Crippen LogP contribution in [0.3, 0.4) is 0 Å². The third-order valence-electron chi connectivity index (χ3n) is 3.34. The van der Waals surface area contributed by atoms with Crippen LogP contribution in [0.2, 0.25) is 0 Å². The normalized spacial score (nSPS) is 10.6. The number of methoxy groups -OCH3 is 2. The number of hydrogen-bond donors (Lipinski definition) is 1. The number of aromatic amines is 1. The van der Waals surface area contributed by atoms with Crippen LogP contribution in [0.5, 0.6) is 11.5 Å². The molecule has 7 nitrogen and oxygen atoms in total. The number of nitrogens with zero attached hydrogens (tertiary/aromatic N) is 2. The van der Waals surface area contributed by atoms with E-state index < -0.39 is 4.92 Å². The van der Waals surface area contributed by atoms with Gasteiger partial charge in [0.05, 0.1) is 41.8 Å². The Hall–Kier alpha value is -3.09. The number of ether oxygens (including phenoxy) is 2. The predicted octanol–water partition coefficient (Wildman–Crippen LogP) is 3.16. The predicted molar refractivity (Wildman–Crippen MR) is 81.3 cm³/mol. The molecule has 0 saturated heterocycles. The summed E-state index contributed by atoms with van der Waals surface area (Å²) in [5.74, 6) is 1.07. The maximum Gasteiger partial charge on any atom is 0.314 e. The first kappa shape index (κ1) is 13.9. The van der Waals surface area contributed by atoms with Crippen LogP contribution in [-0.4, -0.2) is 29.1 Å². The summed E-state index contributed by atoms with van der Waals surface area (Å²) in [7, 11) is 2.84. The lowest BCUT2D eigenvalue weighted by Crippen LogP contribution is -1.97. The molecule has 3 rings (SSSR count). The van der Waals surface area contributed by atoms with Crippen LogP contribution in [0.4, 0.5) is 5.69 Å². The van der Waals surface area contributed by atoms with Gasteiger partial charge in [-0.05, 0) is 12.1 Å². The van der Waals surface area contributed by atoms with Gasteiger partial charge in [0.1, 0.15) is 11.6 Å². The second-order valence-electron chi connectivity index (χ2n) is 4.58. The summed E-state index contributed by atoms with van der Waals surface area (Å²) < 4.78 is 10.4. The summed E-state index contributed by atoms with van der Waals surface area (Å²) >= 11 is 0. The molecule has 0 saturated carbocycles. The van der Waals surface area contributed by atoms with Crippen LogP contribution in [-0.2, 0) is 0 Å². The first-order chi connectivity index (χ1) is 10.6. The molecule has 0 fully saturated rings. The molecule has 1 aromatic heterocycles. The number of rotatable bonds is 4. The van der Waals surface area contributed by atoms with E-state index in [2.05, 4.69) is 9.97 Å². The highest BCUT2D eigenvalue weighted by Crippen LogP contribution is 2.39. The van der Waals surface area contributed by atoms with Crippen LogP contribution in [0.15, 0.2) is 36.4 Å². The van der Waals surface area contributed by atoms with Gasteiger partial charge in [-0.3, -0.25) is 10.1 Å². The number of nitro groups is 1. The van der Waals surface area contributed by atoms with Gasteiger partial charge < -0.3 is 14.5 Å². The van der Waals surface area contributed by atoms with Crippen molar-refractivity contribution in [2.45, 2.75) is 0 Å². The van der Waals surface area contributed by atoms with Crippen LogP contribution >= 0.6 is 0 Å². The molecule has 0 radical (unpaired) electrons. The van der Waals surface area contributed by atoms with Crippen molar-refractivity contribution in [3.8, 4) is 22.9 Å². The summed E-state index contributed by atoms with van der Waals surface area (Å²) in [4.78, 5) is 18.2. The van der Waals surface area contributed by atoms with Gasteiger partial charge in [-0.25, -0.2) is 4.98 Å². The second-order valence-corrected chi connectivity index (χ2v) is 4.58. The fourth-order valence-electron chi connectivity index (χ4n) is 2.29. The van der Waals surface area contributed by atoms with E-state index in [9.17, 15) is 10.1 Å². The monoisotopic (exact) mass is 299 g/mol. The van der Waals surface area contributed by atoms with Gasteiger partial charge in [0, 0.05) is 6.07 Å². The van der Waals surface area contributed by atoms with Crippen molar-refractivity contribution < 1.29 is 14.4 Å². The number of fused-ring (bicyclic) bond motifs is 1. The molecule has 112 valence electrons. The van der Waals surface area contributed by atoms with E-state index in [1.54, 1.807) is 6.07 Å². The van der Waals surface area contributed by atoms with Crippen LogP contribution in [0, 0.1) is 10.1 Å². The Morgan fingerprint density at radius 2 is 1.86 bits per heavy atom. The van der Waals surface area contributed by atoms with E-state index in [4.69, 9.17) is 9.47 Å². The highest BCUT2D eigenvalue weighted by atomic mass is 16.6. The maximum atomic E-state index is 11.1. The number of nitrogens with one attached hydrogen (secondary N) is 1. The topological polar surface area (TPSA) is 90.3 Å². The Morgan fingerprint density at radius 3 is 2.50 bits per heavy atom. The standard InChI is InChI=1S/C15H13N3O4/c1-21-13-8-12(18(19)20)14(22-2)7-9(13)15-16-10-5-3-4-6-11(10)17-15/h3-8H,1-2H3,(H,16,17). The molecule has 0 aliphatic carbocycles. The quantitative estimate of drug-likeness (QED) is 0.590. The molecule has 0 spiro atoms. The van der Waals surface area contributed by atoms with Crippen molar-refractivity contribution in [1.82, 2.24) is 9.97 Å². The molecule has 0 bridgehead atoms. The molecule has 1 N–H and O–H groups in total. The lowest BCUT2D eigenvalue weighted by atomic mass is 10.1. The van der Waals surface area contributed by atoms with Crippen molar-refractivity contribution in [3.05, 3.63) is 46.5 Å². The molecule has 0 aliphatic rings. The van der Waals surface area contributed by atoms with Gasteiger partial charge in [0.25, 0.3) is 0 Å². The van der Waals surface area contributed by atoms with Crippen molar-refractivity contribution in [3.63, 3.8) is 0 Å². The van der Waals surface area contributed by atoms with Crippen molar-refractivity contribution in [2.24, 2.45) is 0 Å². The minimum Gasteiger partial charge on any atom is -0.496 e. The third kappa shape index (κ3) is 2.22. The number of H-pyrrole nitrogens is 1. The first-order valence-electron chi connectivity index (χ1n) is 6.49. The largest absolute Gasteiger partial charge is 0.496 e. The zero-order valence-corrected chi connectivity index (χ0v) is 12.0. The van der Waals surface area contributed by atoms with E-state index in [1.165, 1.54) is 20.3 Å². The van der Waals surface area contributed by atoms with Crippen LogP contribution in [0.25, 0.3) is 22.4 Å². The van der Waals surface area contributed by atoms with E-state index in [1.807, 2.05) is 24.3 Å². The third-order valence-corrected chi connectivity index (χ3v) is 3.34. The fourth-order valence-corrected chi connectivity index (χ4v) is 2.29. The summed E-state index contributed by atoms with van der Waals surface area (Å²) in [6.07, 6.45) is 0. The number of para-hydroxylation sites is 2. The van der Waals surface area contributed by atoms with Gasteiger partial charge in [0.2, 0.25) is 0 Å². The summed E-state index contributed by atoms with van der Waals surface area (Å²) in [6.45, 7) is 0. The van der Waals surface area contributed by atoms with Gasteiger partial charge >= 0.3 is 5.69 Å². The van der Waals surface area contributed by atoms with Gasteiger partial charge in [-0.2, -0.15) is 0 Å². The molecule has 0 amide bonds. The molecular weight excluding hydrogens is 286 g/mol. The molecule has 22 heavy (non-hydrogen) atoms. The first-order valence-corrected chi connectivity index (χ1v) is 6.49. The molecule has 3 aromatic rings. The Labute approximate surface area is 125 Å². The smallest absolute Gasteiger partial charge is 0.314 e. The zero-order chi connectivity index (χ0) is 15.7. The summed E-state index contributed by atoms with van der Waals surface area (Å²) in [6, 6.07) is 10.5. The minimum absolute atomic E-state index is 0.154. The number of imidazole rings is 1. The van der Waals surface area contributed by atoms with E-state index in [0.717, 1.165) is 11.0 Å². The average molecular weight is 299 g/mol. The van der Waals surface area contributed by atoms with Gasteiger partial charge in [-0.15, -0.1) is 0 Å². The van der Waals surface area contributed by atoms with E-state index >= 15 is 0 Å². The highest BCUT2D eigenvalue weighted by molar-refractivity contribution is 5.81. The van der Waals surface area contributed by atoms with Gasteiger partial charge in [-0.1, -0.05) is 12.1 Å². The SMILES string of the molecule is COc1cc([N+](=O)[O-])c(OC)cc1-c1nc2ccccc2[nH]1. The van der Waals surface area contributed by atoms with E-state index in [-0.39, 0.29) is 11.4 Å². The van der Waals surface area contributed by atoms with Gasteiger partial charge in [0.15, 0.2) is 5.75 Å². The Bertz CT molecular complexity index is 824. The number of benzene rings is 2. The Kier molecular flexibility index (Phi) is 3.38. The average Bonchev–Trinajstić information content (AvgIpc) is 2.97. The molecule has 1 heterocycles. The van der Waals surface area contributed by atoms with Crippen molar-refractivity contribution in [2.75, 3.05) is 14.2 Å². The number of nitro benzene ring substituents is 1. The molecule has 0 unspecified atom stereocenters. The molecule has 0 aliphatic heterocycles. The molecular formula is C15H13N3O4. The lowest BCUT2D eigenvalue weighted by molar-refractivity contribution is -0.385. The fraction of sp³-hybridized carbons (Fsp3) is 0.133. The minimum atomic E-state index is -0.510. The molecule has 0 atom stereocenters. The number of hydrogen-bond acceptors (Lipinski definition) is 5. The summed E-state index contributed by atoms with van der Waals surface area (Å²) in [5, 5.41) is 11.1.